The summed E-state index contributed by atoms with van der Waals surface area (Å²) in [5.74, 6) is 0. The summed E-state index contributed by atoms with van der Waals surface area (Å²) in [5, 5.41) is 10.7. The lowest BCUT2D eigenvalue weighted by Crippen LogP contribution is -2.47. The molecule has 9 heteroatoms. The molecule has 0 saturated carbocycles. The van der Waals surface area contributed by atoms with E-state index in [2.05, 4.69) is 20.4 Å². The van der Waals surface area contributed by atoms with Gasteiger partial charge in [-0.3, -0.25) is 0 Å². The summed E-state index contributed by atoms with van der Waals surface area (Å²) in [6.07, 6.45) is 7.65. The third kappa shape index (κ3) is 4.12. The van der Waals surface area contributed by atoms with Gasteiger partial charge in [-0.05, 0) is 12.0 Å². The fraction of sp³-hybridized carbons (Fsp3) is 0.417. The number of hydrogen-bond donors (Lipinski definition) is 1. The lowest BCUT2D eigenvalue weighted by Gasteiger charge is -2.29. The van der Waals surface area contributed by atoms with Crippen molar-refractivity contribution in [3.05, 3.63) is 24.1 Å². The molecule has 0 aromatic rings. The van der Waals surface area contributed by atoms with Crippen molar-refractivity contribution in [1.29, 1.82) is 0 Å². The molecule has 3 unspecified atom stereocenters. The number of hydrazone groups is 1. The highest BCUT2D eigenvalue weighted by molar-refractivity contribution is 6.27. The maximum Gasteiger partial charge on any atom is 0.342 e. The molecular weight excluding hydrogens is 319 g/mol. The molecule has 3 atom stereocenters. The van der Waals surface area contributed by atoms with Crippen molar-refractivity contribution in [3.8, 4) is 0 Å². The number of allylic oxidation sites excluding steroid dienone is 1. The second kappa shape index (κ2) is 7.33. The third-order valence-electron chi connectivity index (χ3n) is 2.87. The van der Waals surface area contributed by atoms with Gasteiger partial charge in [0.05, 0.1) is 29.2 Å². The van der Waals surface area contributed by atoms with Crippen LogP contribution in [-0.2, 0) is 9.57 Å². The number of hydrogen-bond acceptors (Lipinski definition) is 5. The standard InChI is InChI=1S/C12H14Cl2N4O3/c1-20-16-6-8-4-11(10(14)5-9(8)13)17-12(19)18-2-3-21-7-15-18/h2-4,6-7,9-11H,5H2,1H3,(H,17,19)/b16-6+. The highest BCUT2D eigenvalue weighted by atomic mass is 35.5. The van der Waals surface area contributed by atoms with Crippen molar-refractivity contribution < 1.29 is 14.4 Å². The van der Waals surface area contributed by atoms with Crippen molar-refractivity contribution in [2.75, 3.05) is 7.11 Å². The van der Waals surface area contributed by atoms with Crippen molar-refractivity contribution in [2.24, 2.45) is 10.3 Å². The molecule has 0 aromatic heterocycles. The number of nitrogens with zero attached hydrogens (tertiary/aromatic N) is 3. The van der Waals surface area contributed by atoms with E-state index in [1.807, 2.05) is 0 Å². The van der Waals surface area contributed by atoms with Gasteiger partial charge >= 0.3 is 6.03 Å². The van der Waals surface area contributed by atoms with E-state index in [1.54, 1.807) is 6.08 Å². The molecule has 0 saturated heterocycles. The number of nitrogens with one attached hydrogen (secondary N) is 1. The van der Waals surface area contributed by atoms with Gasteiger partial charge in [-0.15, -0.1) is 28.3 Å². The van der Waals surface area contributed by atoms with Crippen LogP contribution in [0.3, 0.4) is 0 Å². The topological polar surface area (TPSA) is 75.5 Å². The lowest BCUT2D eigenvalue weighted by molar-refractivity contribution is 0.209. The molecule has 0 radical (unpaired) electrons. The minimum absolute atomic E-state index is 0.277. The first-order chi connectivity index (χ1) is 10.1. The molecule has 2 rings (SSSR count). The van der Waals surface area contributed by atoms with Crippen LogP contribution >= 0.6 is 23.2 Å². The molecule has 0 fully saturated rings. The number of ether oxygens (including phenoxy) is 1. The molecule has 1 N–H and O–H groups in total. The maximum absolute atomic E-state index is 12.0. The van der Waals surface area contributed by atoms with E-state index >= 15 is 0 Å². The molecule has 114 valence electrons. The molecular formula is C12H14Cl2N4O3. The van der Waals surface area contributed by atoms with Crippen LogP contribution in [0.2, 0.25) is 0 Å². The average Bonchev–Trinajstić information content (AvgIpc) is 2.49. The molecule has 0 bridgehead atoms. The van der Waals surface area contributed by atoms with Gasteiger partial charge in [-0.2, -0.15) is 5.01 Å². The second-order valence-corrected chi connectivity index (χ2v) is 5.35. The van der Waals surface area contributed by atoms with Crippen LogP contribution in [-0.4, -0.2) is 47.6 Å². The first-order valence-corrected chi connectivity index (χ1v) is 7.00. The average molecular weight is 333 g/mol. The smallest absolute Gasteiger partial charge is 0.342 e. The van der Waals surface area contributed by atoms with Crippen molar-refractivity contribution in [3.63, 3.8) is 0 Å². The molecule has 21 heavy (non-hydrogen) atoms. The second-order valence-electron chi connectivity index (χ2n) is 4.26. The van der Waals surface area contributed by atoms with E-state index in [0.717, 1.165) is 17.0 Å². The van der Waals surface area contributed by atoms with Gasteiger partial charge in [0.2, 0.25) is 0 Å². The van der Waals surface area contributed by atoms with E-state index in [0.29, 0.717) is 6.42 Å². The van der Waals surface area contributed by atoms with Crippen LogP contribution in [0.5, 0.6) is 0 Å². The van der Waals surface area contributed by atoms with Gasteiger partial charge in [0.1, 0.15) is 13.4 Å². The highest BCUT2D eigenvalue weighted by Crippen LogP contribution is 2.26. The van der Waals surface area contributed by atoms with Crippen molar-refractivity contribution >= 4 is 41.8 Å². The fourth-order valence-electron chi connectivity index (χ4n) is 1.84. The Morgan fingerprint density at radius 2 is 2.48 bits per heavy atom. The van der Waals surface area contributed by atoms with Crippen LogP contribution in [0.1, 0.15) is 6.42 Å². The Morgan fingerprint density at radius 3 is 3.14 bits per heavy atom. The Morgan fingerprint density at radius 1 is 1.67 bits per heavy atom. The SMILES string of the molecule is CO/N=C/C1=CC(NC(=O)N2C=COC=N2)C(Cl)CC1Cl. The number of urea groups is 1. The Labute approximate surface area is 131 Å². The summed E-state index contributed by atoms with van der Waals surface area (Å²) in [6, 6.07) is -0.812. The number of carbonyl (C=O) groups is 1. The summed E-state index contributed by atoms with van der Waals surface area (Å²) in [5.41, 5.74) is 0.738. The van der Waals surface area contributed by atoms with Gasteiger partial charge < -0.3 is 14.9 Å². The largest absolute Gasteiger partial charge is 0.450 e. The van der Waals surface area contributed by atoms with Crippen LogP contribution in [0.15, 0.2) is 34.4 Å². The summed E-state index contributed by atoms with van der Waals surface area (Å²) in [4.78, 5) is 16.7. The summed E-state index contributed by atoms with van der Waals surface area (Å²) in [6.45, 7) is 0. The van der Waals surface area contributed by atoms with Crippen molar-refractivity contribution in [1.82, 2.24) is 10.3 Å². The van der Waals surface area contributed by atoms with Crippen molar-refractivity contribution in [2.45, 2.75) is 23.2 Å². The number of oxime groups is 1. The Kier molecular flexibility index (Phi) is 5.46. The van der Waals surface area contributed by atoms with E-state index in [4.69, 9.17) is 27.9 Å². The number of carbonyl (C=O) groups excluding carboxylic acids is 1. The van der Waals surface area contributed by atoms with E-state index < -0.39 is 6.03 Å². The van der Waals surface area contributed by atoms with Gasteiger partial charge in [-0.1, -0.05) is 11.2 Å². The molecule has 1 aliphatic heterocycles. The highest BCUT2D eigenvalue weighted by Gasteiger charge is 2.30. The van der Waals surface area contributed by atoms with Gasteiger partial charge in [-0.25, -0.2) is 4.79 Å². The fourth-order valence-corrected chi connectivity index (χ4v) is 2.57. The van der Waals surface area contributed by atoms with E-state index in [-0.39, 0.29) is 16.8 Å². The van der Waals surface area contributed by atoms with Gasteiger partial charge in [0.15, 0.2) is 6.40 Å². The third-order valence-corrected chi connectivity index (χ3v) is 3.75. The first-order valence-electron chi connectivity index (χ1n) is 6.12. The van der Waals surface area contributed by atoms with E-state index in [1.165, 1.54) is 25.8 Å². The molecule has 0 spiro atoms. The van der Waals surface area contributed by atoms with Crippen LogP contribution < -0.4 is 5.32 Å². The minimum atomic E-state index is -0.422. The van der Waals surface area contributed by atoms with Crippen LogP contribution in [0, 0.1) is 0 Å². The predicted molar refractivity (Wildman–Crippen MR) is 80.4 cm³/mol. The number of amides is 2. The Bertz CT molecular complexity index is 495. The molecule has 0 aromatic carbocycles. The quantitative estimate of drug-likeness (QED) is 0.487. The molecule has 2 aliphatic rings. The number of halogens is 2. The molecule has 7 nitrogen and oxygen atoms in total. The number of rotatable bonds is 3. The zero-order valence-corrected chi connectivity index (χ0v) is 12.7. The maximum atomic E-state index is 12.0. The summed E-state index contributed by atoms with van der Waals surface area (Å²) >= 11 is 12.4. The Hall–Kier alpha value is -1.73. The minimum Gasteiger partial charge on any atom is -0.450 e. The van der Waals surface area contributed by atoms with Gasteiger partial charge in [0, 0.05) is 0 Å². The molecule has 1 heterocycles. The number of alkyl halides is 2. The lowest BCUT2D eigenvalue weighted by atomic mass is 9.95. The zero-order valence-electron chi connectivity index (χ0n) is 11.1. The zero-order chi connectivity index (χ0) is 15.2. The van der Waals surface area contributed by atoms with Crippen LogP contribution in [0.4, 0.5) is 4.79 Å². The molecule has 2 amide bonds. The monoisotopic (exact) mass is 332 g/mol. The molecule has 1 aliphatic carbocycles. The predicted octanol–water partition coefficient (Wildman–Crippen LogP) is 1.99. The first kappa shape index (κ1) is 15.7. The van der Waals surface area contributed by atoms with Gasteiger partial charge in [0.25, 0.3) is 0 Å². The summed E-state index contributed by atoms with van der Waals surface area (Å²) < 4.78 is 4.76. The van der Waals surface area contributed by atoms with E-state index in [9.17, 15) is 4.79 Å². The summed E-state index contributed by atoms with van der Waals surface area (Å²) in [7, 11) is 1.44. The van der Waals surface area contributed by atoms with Crippen LogP contribution in [0.25, 0.3) is 0 Å². The normalized spacial score (nSPS) is 28.2. The Balaban J connectivity index is 2.06.